The predicted octanol–water partition coefficient (Wildman–Crippen LogP) is 11.4. The molecule has 2 atom stereocenters. The number of anilines is 4. The number of hydrogen-bond donors (Lipinski definition) is 3. The number of benzene rings is 5. The lowest BCUT2D eigenvalue weighted by Gasteiger charge is -2.37. The third-order valence-corrected chi connectivity index (χ3v) is 18.2. The van der Waals surface area contributed by atoms with Crippen molar-refractivity contribution in [3.8, 4) is 22.4 Å². The van der Waals surface area contributed by atoms with Gasteiger partial charge < -0.3 is 39.3 Å². The molecule has 1 unspecified atom stereocenters. The fourth-order valence-electron chi connectivity index (χ4n) is 10.5. The van der Waals surface area contributed by atoms with Crippen molar-refractivity contribution in [2.75, 3.05) is 84.5 Å². The van der Waals surface area contributed by atoms with Gasteiger partial charge in [-0.2, -0.15) is 0 Å². The van der Waals surface area contributed by atoms with Crippen LogP contribution in [0, 0.1) is 23.0 Å². The number of aromatic nitrogens is 1. The number of aromatic carboxylic acids is 1. The van der Waals surface area contributed by atoms with Crippen LogP contribution in [0.15, 0.2) is 126 Å². The lowest BCUT2D eigenvalue weighted by molar-refractivity contribution is -0.383. The van der Waals surface area contributed by atoms with E-state index >= 15 is 0 Å². The molecule has 5 aromatic carbocycles. The van der Waals surface area contributed by atoms with Crippen molar-refractivity contribution >= 4 is 76.6 Å². The number of nitrogens with one attached hydrogen (secondary N) is 1. The van der Waals surface area contributed by atoms with Crippen molar-refractivity contribution in [2.24, 2.45) is 5.92 Å². The molecule has 0 radical (unpaired) electrons. The highest BCUT2D eigenvalue weighted by atomic mass is 35.5. The Morgan fingerprint density at radius 3 is 2.14 bits per heavy atom. The number of nitro groups is 1. The Labute approximate surface area is 435 Å². The minimum atomic E-state index is -3.74. The smallest absolute Gasteiger partial charge is 0.338 e. The number of hydrogen-bond acceptors (Lipinski definition) is 11. The molecule has 3 fully saturated rings. The highest BCUT2D eigenvalue weighted by molar-refractivity contribution is 7.99. The van der Waals surface area contributed by atoms with Gasteiger partial charge in [0.1, 0.15) is 5.69 Å². The molecule has 6 aromatic rings. The molecule has 0 spiro atoms. The normalized spacial score (nSPS) is 18.1. The number of aliphatic carboxylic acids is 1. The van der Waals surface area contributed by atoms with Crippen molar-refractivity contribution in [1.82, 2.24) is 9.47 Å². The SMILES string of the molecule is Cc1c(C(=O)O)c(-c2cccc(N3CCN(c4ccc(N5CCO[P@]5(=O)c5ccc(NC(CCN6CCC(C(=O)O)CC6)CSc6ccccc6)c([N+](=O)[O-])c5)cc4)CC3)c2)c(-c2ccc(Cl)cc2)n1C(C)C. The zero-order valence-corrected chi connectivity index (χ0v) is 43.7. The Kier molecular flexibility index (Phi) is 15.9. The van der Waals surface area contributed by atoms with Crippen LogP contribution in [0.1, 0.15) is 55.2 Å². The van der Waals surface area contributed by atoms with Gasteiger partial charge in [-0.25, -0.2) is 4.79 Å². The van der Waals surface area contributed by atoms with Gasteiger partial charge in [0.25, 0.3) is 5.69 Å². The molecule has 4 heterocycles. The quantitative estimate of drug-likeness (QED) is 0.0321. The summed E-state index contributed by atoms with van der Waals surface area (Å²) >= 11 is 7.95. The molecule has 0 saturated carbocycles. The van der Waals surface area contributed by atoms with E-state index in [0.29, 0.717) is 78.8 Å². The number of carbonyl (C=O) groups is 2. The first kappa shape index (κ1) is 51.6. The second-order valence-electron chi connectivity index (χ2n) is 19.1. The van der Waals surface area contributed by atoms with Gasteiger partial charge in [-0.3, -0.25) is 24.1 Å². The first-order valence-electron chi connectivity index (χ1n) is 24.8. The molecule has 1 aromatic heterocycles. The van der Waals surface area contributed by atoms with Crippen LogP contribution in [0.5, 0.6) is 0 Å². The maximum absolute atomic E-state index is 14.9. The van der Waals surface area contributed by atoms with Gasteiger partial charge in [0, 0.05) is 94.9 Å². The Morgan fingerprint density at radius 2 is 1.49 bits per heavy atom. The summed E-state index contributed by atoms with van der Waals surface area (Å²) in [5.74, 6) is -1.41. The molecule has 0 bridgehead atoms. The van der Waals surface area contributed by atoms with Crippen molar-refractivity contribution in [3.05, 3.63) is 148 Å². The maximum atomic E-state index is 14.9. The number of nitro benzene ring substituents is 1. The minimum absolute atomic E-state index is 0.0103. The molecule has 3 saturated heterocycles. The Bertz CT molecular complexity index is 3000. The zero-order chi connectivity index (χ0) is 51.4. The fourth-order valence-corrected chi connectivity index (χ4v) is 13.8. The highest BCUT2D eigenvalue weighted by Crippen LogP contribution is 2.56. The Hall–Kier alpha value is -6.29. The number of nitrogens with zero attached hydrogens (tertiary/aromatic N) is 6. The topological polar surface area (TPSA) is 174 Å². The number of likely N-dealkylation sites (tertiary alicyclic amines) is 1. The summed E-state index contributed by atoms with van der Waals surface area (Å²) in [4.78, 5) is 44.7. The third-order valence-electron chi connectivity index (χ3n) is 14.3. The second kappa shape index (κ2) is 22.4. The van der Waals surface area contributed by atoms with Gasteiger partial charge in [0.2, 0.25) is 0 Å². The van der Waals surface area contributed by atoms with Gasteiger partial charge in [-0.1, -0.05) is 54.1 Å². The van der Waals surface area contributed by atoms with E-state index in [0.717, 1.165) is 59.3 Å². The van der Waals surface area contributed by atoms with Crippen LogP contribution in [0.25, 0.3) is 22.4 Å². The van der Waals surface area contributed by atoms with E-state index in [1.165, 1.54) is 6.07 Å². The molecule has 382 valence electrons. The molecule has 0 aliphatic carbocycles. The molecule has 3 aliphatic heterocycles. The van der Waals surface area contributed by atoms with E-state index in [9.17, 15) is 34.5 Å². The van der Waals surface area contributed by atoms with Crippen molar-refractivity contribution < 1.29 is 33.8 Å². The van der Waals surface area contributed by atoms with Gasteiger partial charge in [-0.05, 0) is 137 Å². The van der Waals surface area contributed by atoms with Crippen molar-refractivity contribution in [1.29, 1.82) is 0 Å². The molecule has 9 rings (SSSR count). The summed E-state index contributed by atoms with van der Waals surface area (Å²) in [6.45, 7) is 11.5. The molecule has 15 nitrogen and oxygen atoms in total. The van der Waals surface area contributed by atoms with E-state index in [1.807, 2.05) is 97.9 Å². The van der Waals surface area contributed by atoms with E-state index in [-0.39, 0.29) is 41.2 Å². The second-order valence-corrected chi connectivity index (χ2v) is 23.0. The molecule has 18 heteroatoms. The summed E-state index contributed by atoms with van der Waals surface area (Å²) in [6, 6.07) is 38.1. The minimum Gasteiger partial charge on any atom is -0.481 e. The van der Waals surface area contributed by atoms with Crippen LogP contribution in [0.3, 0.4) is 0 Å². The predicted molar refractivity (Wildman–Crippen MR) is 293 cm³/mol. The summed E-state index contributed by atoms with van der Waals surface area (Å²) in [6.07, 6.45) is 1.88. The van der Waals surface area contributed by atoms with Crippen molar-refractivity contribution in [3.63, 3.8) is 0 Å². The summed E-state index contributed by atoms with van der Waals surface area (Å²) in [5, 5.41) is 37.1. The van der Waals surface area contributed by atoms with Crippen LogP contribution in [0.4, 0.5) is 28.4 Å². The first-order valence-corrected chi connectivity index (χ1v) is 27.8. The van der Waals surface area contributed by atoms with E-state index < -0.39 is 24.4 Å². The number of thioether (sulfide) groups is 1. The number of rotatable bonds is 18. The monoisotopic (exact) mass is 1050 g/mol. The lowest BCUT2D eigenvalue weighted by Crippen LogP contribution is -2.46. The zero-order valence-electron chi connectivity index (χ0n) is 41.2. The average molecular weight is 1050 g/mol. The first-order chi connectivity index (χ1) is 35.2. The van der Waals surface area contributed by atoms with Crippen LogP contribution >= 0.6 is 30.9 Å². The van der Waals surface area contributed by atoms with E-state index in [4.69, 9.17) is 16.1 Å². The number of carboxylic acids is 2. The Balaban J connectivity index is 0.880. The van der Waals surface area contributed by atoms with Gasteiger partial charge in [0.15, 0.2) is 0 Å². The summed E-state index contributed by atoms with van der Waals surface area (Å²) in [7, 11) is -3.74. The van der Waals surface area contributed by atoms with Crippen LogP contribution in [-0.2, 0) is 13.9 Å². The standard InChI is InChI=1S/C55H61ClN7O8PS/c1-37(2)62-38(3)51(55(66)67)52(53(62)39-12-14-42(56)15-13-39)41-8-7-9-46(34-41)60-30-28-59(29-31-60)44-16-18-45(19-17-44)61-32-33-71-72(61,70)47-20-21-49(50(35-47)63(68)69)57-43(36-73-48-10-5-4-6-11-48)24-27-58-25-22-40(23-26-58)54(64)65/h4-21,34-35,37,40,43,57H,22-33,36H2,1-3H3,(H,64,65)(H,66,67)/t43?,72-/m1/s1. The van der Waals surface area contributed by atoms with Gasteiger partial charge in [0.05, 0.1) is 40.6 Å². The van der Waals surface area contributed by atoms with Crippen molar-refractivity contribution in [2.45, 2.75) is 57.0 Å². The van der Waals surface area contributed by atoms with E-state index in [1.54, 1.807) is 28.6 Å². The largest absolute Gasteiger partial charge is 0.481 e. The number of halogens is 1. The molecular weight excluding hydrogens is 985 g/mol. The average Bonchev–Trinajstić information content (AvgIpc) is 3.95. The molecule has 73 heavy (non-hydrogen) atoms. The number of carboxylic acid groups (broad SMARTS) is 2. The number of piperazine rings is 1. The summed E-state index contributed by atoms with van der Waals surface area (Å²) < 4.78 is 24.7. The maximum Gasteiger partial charge on any atom is 0.338 e. The molecule has 3 N–H and O–H groups in total. The van der Waals surface area contributed by atoms with Crippen LogP contribution in [-0.4, -0.2) is 107 Å². The van der Waals surface area contributed by atoms with E-state index in [2.05, 4.69) is 50.6 Å². The Morgan fingerprint density at radius 1 is 0.822 bits per heavy atom. The van der Waals surface area contributed by atoms with Gasteiger partial charge in [-0.15, -0.1) is 11.8 Å². The number of piperidine rings is 1. The lowest BCUT2D eigenvalue weighted by atomic mass is 9.96. The summed E-state index contributed by atoms with van der Waals surface area (Å²) in [5.41, 5.74) is 7.06. The molecule has 0 amide bonds. The van der Waals surface area contributed by atoms with Crippen LogP contribution in [0.2, 0.25) is 5.02 Å². The van der Waals surface area contributed by atoms with Crippen LogP contribution < -0.4 is 25.1 Å². The van der Waals surface area contributed by atoms with Gasteiger partial charge >= 0.3 is 19.5 Å². The third kappa shape index (κ3) is 11.3. The fraction of sp³-hybridized carbons (Fsp3) is 0.345. The molecular formula is C55H61ClN7O8PS. The highest BCUT2D eigenvalue weighted by Gasteiger charge is 2.41. The molecule has 3 aliphatic rings.